The lowest BCUT2D eigenvalue weighted by Gasteiger charge is -2.58. The van der Waals surface area contributed by atoms with Gasteiger partial charge in [0, 0.05) is 24.7 Å². The number of fused-ring (bicyclic) bond motifs is 5. The van der Waals surface area contributed by atoms with Gasteiger partial charge in [0.25, 0.3) is 0 Å². The molecule has 0 aromatic carbocycles. The summed E-state index contributed by atoms with van der Waals surface area (Å²) in [4.78, 5) is 23.4. The molecule has 3 saturated carbocycles. The average molecular weight is 483 g/mol. The largest absolute Gasteiger partial charge is 0.466 e. The highest BCUT2D eigenvalue weighted by atomic mass is 16.5. The molecular formula is C31H46O4. The smallest absolute Gasteiger partial charge is 0.305 e. The van der Waals surface area contributed by atoms with E-state index in [0.717, 1.165) is 77.0 Å². The minimum Gasteiger partial charge on any atom is -0.466 e. The second-order valence-corrected chi connectivity index (χ2v) is 12.2. The van der Waals surface area contributed by atoms with Crippen molar-refractivity contribution >= 4 is 11.8 Å². The number of hydrogen-bond acceptors (Lipinski definition) is 4. The second kappa shape index (κ2) is 10.8. The van der Waals surface area contributed by atoms with Crippen LogP contribution in [0.15, 0.2) is 11.6 Å². The fourth-order valence-electron chi connectivity index (χ4n) is 8.24. The summed E-state index contributed by atoms with van der Waals surface area (Å²) in [5, 5.41) is 11.8. The van der Waals surface area contributed by atoms with Gasteiger partial charge >= 0.3 is 5.97 Å². The molecule has 4 rings (SSSR count). The van der Waals surface area contributed by atoms with Crippen molar-refractivity contribution in [1.29, 1.82) is 0 Å². The Labute approximate surface area is 212 Å². The van der Waals surface area contributed by atoms with Crippen molar-refractivity contribution in [2.24, 2.45) is 28.6 Å². The van der Waals surface area contributed by atoms with Crippen LogP contribution >= 0.6 is 0 Å². The van der Waals surface area contributed by atoms with Crippen molar-refractivity contribution in [3.63, 3.8) is 0 Å². The van der Waals surface area contributed by atoms with Crippen LogP contribution in [0.4, 0.5) is 0 Å². The molecule has 0 aromatic rings. The quantitative estimate of drug-likeness (QED) is 0.242. The zero-order valence-electron chi connectivity index (χ0n) is 22.3. The highest BCUT2D eigenvalue weighted by molar-refractivity contribution is 5.91. The van der Waals surface area contributed by atoms with Crippen LogP contribution < -0.4 is 0 Å². The van der Waals surface area contributed by atoms with Crippen molar-refractivity contribution < 1.29 is 19.4 Å². The first-order valence-corrected chi connectivity index (χ1v) is 14.4. The first-order chi connectivity index (χ1) is 16.7. The monoisotopic (exact) mass is 482 g/mol. The molecule has 0 aliphatic heterocycles. The van der Waals surface area contributed by atoms with E-state index < -0.39 is 5.60 Å². The first kappa shape index (κ1) is 26.5. The Kier molecular flexibility index (Phi) is 8.16. The Bertz CT molecular complexity index is 893. The van der Waals surface area contributed by atoms with Crippen molar-refractivity contribution in [3.8, 4) is 11.8 Å². The summed E-state index contributed by atoms with van der Waals surface area (Å²) in [6.45, 7) is 7.04. The summed E-state index contributed by atoms with van der Waals surface area (Å²) in [5.74, 6) is 8.81. The lowest BCUT2D eigenvalue weighted by molar-refractivity contribution is -0.143. The maximum absolute atomic E-state index is 12.1. The number of aliphatic hydroxyl groups is 1. The van der Waals surface area contributed by atoms with E-state index >= 15 is 0 Å². The van der Waals surface area contributed by atoms with Crippen LogP contribution in [0.2, 0.25) is 0 Å². The van der Waals surface area contributed by atoms with Gasteiger partial charge in [-0.3, -0.25) is 9.59 Å². The van der Waals surface area contributed by atoms with Crippen LogP contribution in [0.3, 0.4) is 0 Å². The summed E-state index contributed by atoms with van der Waals surface area (Å²) in [6, 6.07) is 0. The van der Waals surface area contributed by atoms with E-state index in [4.69, 9.17) is 4.74 Å². The lowest BCUT2D eigenvalue weighted by Crippen LogP contribution is -2.54. The van der Waals surface area contributed by atoms with Gasteiger partial charge in [0.1, 0.15) is 5.60 Å². The maximum atomic E-state index is 12.1. The Morgan fingerprint density at radius 2 is 1.77 bits per heavy atom. The maximum Gasteiger partial charge on any atom is 0.305 e. The van der Waals surface area contributed by atoms with E-state index in [1.807, 2.05) is 13.0 Å². The fourth-order valence-corrected chi connectivity index (χ4v) is 8.24. The van der Waals surface area contributed by atoms with Crippen molar-refractivity contribution in [3.05, 3.63) is 11.6 Å². The molecule has 6 atom stereocenters. The van der Waals surface area contributed by atoms with Crippen LogP contribution in [-0.2, 0) is 14.3 Å². The standard InChI is InChI=1S/C31H46O4/c1-4-35-28(33)12-10-8-6-5-7-9-11-18-31(34)21-17-27-25-14-13-23-22-24(32)15-19-29(23,2)26(25)16-20-30(27,31)3/h22,25-27,34H,4-10,12-17,19-21H2,1-3H3/t25?,26?,27?,29-,30-,31-/m0/s1. The number of ether oxygens (including phenoxy) is 1. The predicted octanol–water partition coefficient (Wildman–Crippen LogP) is 6.55. The number of esters is 1. The Morgan fingerprint density at radius 1 is 1.03 bits per heavy atom. The number of allylic oxidation sites excluding steroid dienone is 1. The highest BCUT2D eigenvalue weighted by Crippen LogP contribution is 2.67. The van der Waals surface area contributed by atoms with E-state index in [9.17, 15) is 14.7 Å². The molecule has 0 amide bonds. The van der Waals surface area contributed by atoms with Crippen LogP contribution in [0.1, 0.15) is 117 Å². The molecule has 0 aromatic heterocycles. The number of rotatable bonds is 8. The van der Waals surface area contributed by atoms with Gasteiger partial charge in [-0.2, -0.15) is 0 Å². The number of hydrogen-bond donors (Lipinski definition) is 1. The SMILES string of the molecule is CCOC(=O)CCCCCCCC#C[C@]1(O)CCC2C3CCC4=CC(=O)CC[C@]4(C)C3CC[C@@]21C. The van der Waals surface area contributed by atoms with Gasteiger partial charge in [-0.15, -0.1) is 5.92 Å². The van der Waals surface area contributed by atoms with Crippen LogP contribution in [0.5, 0.6) is 0 Å². The minimum atomic E-state index is -0.859. The van der Waals surface area contributed by atoms with Gasteiger partial charge in [-0.1, -0.05) is 44.6 Å². The summed E-state index contributed by atoms with van der Waals surface area (Å²) >= 11 is 0. The first-order valence-electron chi connectivity index (χ1n) is 14.4. The van der Waals surface area contributed by atoms with E-state index in [1.54, 1.807) is 0 Å². The molecule has 194 valence electrons. The second-order valence-electron chi connectivity index (χ2n) is 12.2. The summed E-state index contributed by atoms with van der Waals surface area (Å²) in [6.07, 6.45) is 16.6. The van der Waals surface area contributed by atoms with E-state index in [0.29, 0.717) is 43.0 Å². The van der Waals surface area contributed by atoms with Gasteiger partial charge in [0.15, 0.2) is 5.78 Å². The predicted molar refractivity (Wildman–Crippen MR) is 138 cm³/mol. The van der Waals surface area contributed by atoms with Crippen molar-refractivity contribution in [2.75, 3.05) is 6.61 Å². The Hall–Kier alpha value is -1.60. The van der Waals surface area contributed by atoms with E-state index in [1.165, 1.54) is 12.0 Å². The summed E-state index contributed by atoms with van der Waals surface area (Å²) in [5.41, 5.74) is 0.617. The number of carbonyl (C=O) groups is 2. The van der Waals surface area contributed by atoms with E-state index in [2.05, 4.69) is 25.7 Å². The molecule has 4 nitrogen and oxygen atoms in total. The molecule has 3 fully saturated rings. The molecule has 1 N–H and O–H groups in total. The van der Waals surface area contributed by atoms with Crippen molar-refractivity contribution in [2.45, 2.75) is 123 Å². The van der Waals surface area contributed by atoms with Gasteiger partial charge in [-0.05, 0) is 94.0 Å². The van der Waals surface area contributed by atoms with Gasteiger partial charge in [0.05, 0.1) is 6.61 Å². The Balaban J connectivity index is 1.29. The summed E-state index contributed by atoms with van der Waals surface area (Å²) < 4.78 is 4.97. The van der Waals surface area contributed by atoms with Crippen LogP contribution in [-0.4, -0.2) is 29.1 Å². The average Bonchev–Trinajstić information content (AvgIpc) is 3.09. The number of ketones is 1. The fraction of sp³-hybridized carbons (Fsp3) is 0.806. The molecule has 0 spiro atoms. The van der Waals surface area contributed by atoms with Crippen LogP contribution in [0.25, 0.3) is 0 Å². The topological polar surface area (TPSA) is 63.6 Å². The molecule has 4 aliphatic carbocycles. The molecule has 0 saturated heterocycles. The Morgan fingerprint density at radius 3 is 2.57 bits per heavy atom. The normalized spacial score (nSPS) is 37.9. The molecule has 4 aliphatic rings. The third-order valence-electron chi connectivity index (χ3n) is 10.4. The molecule has 35 heavy (non-hydrogen) atoms. The zero-order valence-corrected chi connectivity index (χ0v) is 22.3. The van der Waals surface area contributed by atoms with Gasteiger partial charge < -0.3 is 9.84 Å². The molecule has 4 heteroatoms. The summed E-state index contributed by atoms with van der Waals surface area (Å²) in [7, 11) is 0. The molecule has 0 bridgehead atoms. The van der Waals surface area contributed by atoms with Crippen LogP contribution in [0, 0.1) is 40.4 Å². The zero-order chi connectivity index (χ0) is 25.1. The third kappa shape index (κ3) is 5.13. The van der Waals surface area contributed by atoms with Gasteiger partial charge in [0.2, 0.25) is 0 Å². The van der Waals surface area contributed by atoms with Gasteiger partial charge in [-0.25, -0.2) is 0 Å². The lowest BCUT2D eigenvalue weighted by atomic mass is 9.46. The highest BCUT2D eigenvalue weighted by Gasteiger charge is 2.63. The number of carbonyl (C=O) groups excluding carboxylic acids is 2. The van der Waals surface area contributed by atoms with E-state index in [-0.39, 0.29) is 16.8 Å². The number of unbranched alkanes of at least 4 members (excludes halogenated alkanes) is 5. The molecular weight excluding hydrogens is 436 g/mol. The third-order valence-corrected chi connectivity index (χ3v) is 10.4. The molecule has 0 heterocycles. The molecule has 3 unspecified atom stereocenters. The molecule has 0 radical (unpaired) electrons. The minimum absolute atomic E-state index is 0.0860. The van der Waals surface area contributed by atoms with Crippen molar-refractivity contribution in [1.82, 2.24) is 0 Å².